The fraction of sp³-hybridized carbons (Fsp3) is 0.304. The molecule has 1 amide bonds. The van der Waals surface area contributed by atoms with Crippen molar-refractivity contribution in [1.29, 1.82) is 0 Å². The average molecular weight is 390 g/mol. The number of rotatable bonds is 5. The highest BCUT2D eigenvalue weighted by molar-refractivity contribution is 6.00. The Kier molecular flexibility index (Phi) is 5.62. The second-order valence-corrected chi connectivity index (χ2v) is 7.49. The Hall–Kier alpha value is -3.12. The number of ether oxygens (including phenoxy) is 1. The van der Waals surface area contributed by atoms with E-state index in [2.05, 4.69) is 5.32 Å². The first-order chi connectivity index (χ1) is 14.1. The van der Waals surface area contributed by atoms with Gasteiger partial charge in [0, 0.05) is 23.8 Å². The van der Waals surface area contributed by atoms with Crippen LogP contribution in [0.25, 0.3) is 16.9 Å². The molecule has 1 aromatic heterocycles. The Balaban J connectivity index is 1.68. The molecule has 0 bridgehead atoms. The smallest absolute Gasteiger partial charge is 0.255 e. The molecular weight excluding hydrogens is 364 g/mol. The molecule has 1 aliphatic carbocycles. The fourth-order valence-corrected chi connectivity index (χ4v) is 3.76. The van der Waals surface area contributed by atoms with E-state index in [0.29, 0.717) is 11.3 Å². The Morgan fingerprint density at radius 1 is 1.10 bits per heavy atom. The SMILES string of the molecule is COc1cccc(-c2nn(-c3ccccc3)cc2C(=O)NC2CCC(N)CC2)c1. The number of carbonyl (C=O) groups is 1. The van der Waals surface area contributed by atoms with Crippen molar-refractivity contribution in [2.75, 3.05) is 7.11 Å². The first kappa shape index (κ1) is 19.2. The number of nitrogens with two attached hydrogens (primary N) is 1. The lowest BCUT2D eigenvalue weighted by molar-refractivity contribution is 0.0926. The molecule has 0 saturated heterocycles. The molecule has 2 aromatic carbocycles. The summed E-state index contributed by atoms with van der Waals surface area (Å²) in [7, 11) is 1.63. The predicted molar refractivity (Wildman–Crippen MR) is 113 cm³/mol. The Morgan fingerprint density at radius 3 is 2.59 bits per heavy atom. The minimum atomic E-state index is -0.106. The van der Waals surface area contributed by atoms with E-state index in [1.165, 1.54) is 0 Å². The van der Waals surface area contributed by atoms with Gasteiger partial charge in [-0.15, -0.1) is 0 Å². The number of aromatic nitrogens is 2. The summed E-state index contributed by atoms with van der Waals surface area (Å²) < 4.78 is 7.10. The third kappa shape index (κ3) is 4.32. The van der Waals surface area contributed by atoms with Gasteiger partial charge in [0.15, 0.2) is 0 Å². The zero-order chi connectivity index (χ0) is 20.2. The molecule has 4 rings (SSSR count). The van der Waals surface area contributed by atoms with Crippen molar-refractivity contribution >= 4 is 5.91 Å². The quantitative estimate of drug-likeness (QED) is 0.698. The number of amides is 1. The number of nitrogens with one attached hydrogen (secondary N) is 1. The lowest BCUT2D eigenvalue weighted by Gasteiger charge is -2.26. The third-order valence-corrected chi connectivity index (χ3v) is 5.43. The predicted octanol–water partition coefficient (Wildman–Crippen LogP) is 3.55. The van der Waals surface area contributed by atoms with Gasteiger partial charge in [-0.25, -0.2) is 4.68 Å². The molecule has 6 heteroatoms. The van der Waals surface area contributed by atoms with Crippen molar-refractivity contribution < 1.29 is 9.53 Å². The summed E-state index contributed by atoms with van der Waals surface area (Å²) in [6.45, 7) is 0. The first-order valence-electron chi connectivity index (χ1n) is 10.00. The van der Waals surface area contributed by atoms with Crippen LogP contribution in [0, 0.1) is 0 Å². The van der Waals surface area contributed by atoms with Crippen LogP contribution in [0.15, 0.2) is 60.8 Å². The van der Waals surface area contributed by atoms with Gasteiger partial charge in [0.05, 0.1) is 18.4 Å². The van der Waals surface area contributed by atoms with Crippen LogP contribution in [0.1, 0.15) is 36.0 Å². The van der Waals surface area contributed by atoms with Gasteiger partial charge >= 0.3 is 0 Å². The second kappa shape index (κ2) is 8.49. The Morgan fingerprint density at radius 2 is 1.86 bits per heavy atom. The maximum Gasteiger partial charge on any atom is 0.255 e. The lowest BCUT2D eigenvalue weighted by Crippen LogP contribution is -2.40. The van der Waals surface area contributed by atoms with Crippen LogP contribution in [-0.2, 0) is 0 Å². The maximum absolute atomic E-state index is 13.2. The van der Waals surface area contributed by atoms with Gasteiger partial charge in [0.25, 0.3) is 5.91 Å². The van der Waals surface area contributed by atoms with Crippen LogP contribution in [-0.4, -0.2) is 34.9 Å². The summed E-state index contributed by atoms with van der Waals surface area (Å²) in [6, 6.07) is 17.8. The minimum absolute atomic E-state index is 0.106. The Labute approximate surface area is 170 Å². The van der Waals surface area contributed by atoms with E-state index in [9.17, 15) is 4.79 Å². The van der Waals surface area contributed by atoms with Crippen LogP contribution < -0.4 is 15.8 Å². The fourth-order valence-electron chi connectivity index (χ4n) is 3.76. The summed E-state index contributed by atoms with van der Waals surface area (Å²) in [4.78, 5) is 13.2. The highest BCUT2D eigenvalue weighted by Gasteiger charge is 2.24. The lowest BCUT2D eigenvalue weighted by atomic mass is 9.91. The standard InChI is InChI=1S/C23H26N4O2/c1-29-20-9-5-6-16(14-20)22-21(15-27(26-22)19-7-3-2-4-8-19)23(28)25-18-12-10-17(24)11-13-18/h2-9,14-15,17-18H,10-13,24H2,1H3,(H,25,28). The van der Waals surface area contributed by atoms with Crippen molar-refractivity contribution in [3.05, 3.63) is 66.4 Å². The van der Waals surface area contributed by atoms with Crippen molar-refractivity contribution in [3.8, 4) is 22.7 Å². The molecule has 0 atom stereocenters. The van der Waals surface area contributed by atoms with Crippen molar-refractivity contribution in [2.45, 2.75) is 37.8 Å². The van der Waals surface area contributed by atoms with E-state index < -0.39 is 0 Å². The van der Waals surface area contributed by atoms with E-state index in [4.69, 9.17) is 15.6 Å². The zero-order valence-electron chi connectivity index (χ0n) is 16.5. The highest BCUT2D eigenvalue weighted by Crippen LogP contribution is 2.27. The van der Waals surface area contributed by atoms with Gasteiger partial charge in [-0.2, -0.15) is 5.10 Å². The van der Waals surface area contributed by atoms with Crippen LogP contribution in [0.2, 0.25) is 0 Å². The molecule has 150 valence electrons. The summed E-state index contributed by atoms with van der Waals surface area (Å²) >= 11 is 0. The summed E-state index contributed by atoms with van der Waals surface area (Å²) in [5.74, 6) is 0.620. The normalized spacial score (nSPS) is 19.0. The molecular formula is C23H26N4O2. The van der Waals surface area contributed by atoms with Crippen LogP contribution in [0.3, 0.4) is 0 Å². The molecule has 0 unspecified atom stereocenters. The maximum atomic E-state index is 13.2. The van der Waals surface area contributed by atoms with E-state index >= 15 is 0 Å². The van der Waals surface area contributed by atoms with E-state index in [0.717, 1.165) is 42.7 Å². The van der Waals surface area contributed by atoms with Crippen LogP contribution in [0.4, 0.5) is 0 Å². The van der Waals surface area contributed by atoms with Gasteiger partial charge < -0.3 is 15.8 Å². The van der Waals surface area contributed by atoms with E-state index in [1.54, 1.807) is 18.0 Å². The van der Waals surface area contributed by atoms with Gasteiger partial charge in [-0.3, -0.25) is 4.79 Å². The first-order valence-corrected chi connectivity index (χ1v) is 10.00. The van der Waals surface area contributed by atoms with E-state index in [-0.39, 0.29) is 18.0 Å². The molecule has 3 N–H and O–H groups in total. The molecule has 29 heavy (non-hydrogen) atoms. The molecule has 0 spiro atoms. The number of nitrogens with zero attached hydrogens (tertiary/aromatic N) is 2. The topological polar surface area (TPSA) is 82.2 Å². The summed E-state index contributed by atoms with van der Waals surface area (Å²) in [5, 5.41) is 7.91. The van der Waals surface area contributed by atoms with E-state index in [1.807, 2.05) is 54.6 Å². The molecule has 1 saturated carbocycles. The molecule has 6 nitrogen and oxygen atoms in total. The largest absolute Gasteiger partial charge is 0.497 e. The minimum Gasteiger partial charge on any atom is -0.497 e. The van der Waals surface area contributed by atoms with Crippen molar-refractivity contribution in [1.82, 2.24) is 15.1 Å². The van der Waals surface area contributed by atoms with Gasteiger partial charge in [-0.05, 0) is 49.9 Å². The van der Waals surface area contributed by atoms with Gasteiger partial charge in [0.2, 0.25) is 0 Å². The number of para-hydroxylation sites is 1. The number of methoxy groups -OCH3 is 1. The Bertz CT molecular complexity index is 976. The van der Waals surface area contributed by atoms with Gasteiger partial charge in [-0.1, -0.05) is 30.3 Å². The molecule has 3 aromatic rings. The van der Waals surface area contributed by atoms with Crippen molar-refractivity contribution in [2.24, 2.45) is 5.73 Å². The highest BCUT2D eigenvalue weighted by atomic mass is 16.5. The molecule has 1 heterocycles. The zero-order valence-corrected chi connectivity index (χ0v) is 16.5. The summed E-state index contributed by atoms with van der Waals surface area (Å²) in [6.07, 6.45) is 5.50. The molecule has 1 aliphatic rings. The van der Waals surface area contributed by atoms with Crippen LogP contribution in [0.5, 0.6) is 5.75 Å². The third-order valence-electron chi connectivity index (χ3n) is 5.43. The van der Waals surface area contributed by atoms with Gasteiger partial charge in [0.1, 0.15) is 11.4 Å². The number of carbonyl (C=O) groups excluding carboxylic acids is 1. The van der Waals surface area contributed by atoms with Crippen molar-refractivity contribution in [3.63, 3.8) is 0 Å². The monoisotopic (exact) mass is 390 g/mol. The number of benzene rings is 2. The molecule has 1 fully saturated rings. The number of hydrogen-bond donors (Lipinski definition) is 2. The average Bonchev–Trinajstić information content (AvgIpc) is 3.22. The molecule has 0 radical (unpaired) electrons. The van der Waals surface area contributed by atoms with Crippen LogP contribution >= 0.6 is 0 Å². The summed E-state index contributed by atoms with van der Waals surface area (Å²) in [5.41, 5.74) is 8.93. The second-order valence-electron chi connectivity index (χ2n) is 7.49. The molecule has 0 aliphatic heterocycles. The number of hydrogen-bond acceptors (Lipinski definition) is 4.